The van der Waals surface area contributed by atoms with Crippen molar-refractivity contribution in [2.24, 2.45) is 17.6 Å². The van der Waals surface area contributed by atoms with Crippen molar-refractivity contribution in [1.82, 2.24) is 15.1 Å². The Morgan fingerprint density at radius 2 is 1.75 bits per heavy atom. The molecule has 0 unspecified atom stereocenters. The number of primary amides is 1. The van der Waals surface area contributed by atoms with E-state index in [9.17, 15) is 19.2 Å². The van der Waals surface area contributed by atoms with Crippen LogP contribution in [-0.4, -0.2) is 33.8 Å². The minimum atomic E-state index is -1.24. The van der Waals surface area contributed by atoms with E-state index in [-0.39, 0.29) is 17.2 Å². The highest BCUT2D eigenvalue weighted by Crippen LogP contribution is 2.17. The second-order valence-electron chi connectivity index (χ2n) is 7.20. The van der Waals surface area contributed by atoms with Gasteiger partial charge in [0.15, 0.2) is 11.8 Å². The zero-order valence-electron chi connectivity index (χ0n) is 16.3. The minimum Gasteiger partial charge on any atom is -0.447 e. The maximum Gasteiger partial charge on any atom is 0.360 e. The Hall–Kier alpha value is -3.23. The Morgan fingerprint density at radius 1 is 1.14 bits per heavy atom. The zero-order valence-corrected chi connectivity index (χ0v) is 16.3. The number of amides is 3. The van der Waals surface area contributed by atoms with Crippen LogP contribution in [0.15, 0.2) is 29.1 Å². The first kappa shape index (κ1) is 21.1. The summed E-state index contributed by atoms with van der Waals surface area (Å²) in [6.07, 6.45) is -1.24. The van der Waals surface area contributed by atoms with Gasteiger partial charge in [0.1, 0.15) is 0 Å². The SMILES string of the molecule is CC(C)Cn1nc(C(=O)O[C@@H](C(=O)NC(N)=O)C(C)C)c2ccccc2c1=O. The van der Waals surface area contributed by atoms with E-state index in [1.165, 1.54) is 4.68 Å². The van der Waals surface area contributed by atoms with E-state index in [1.807, 2.05) is 19.2 Å². The van der Waals surface area contributed by atoms with Crippen LogP contribution in [0.2, 0.25) is 0 Å². The van der Waals surface area contributed by atoms with Crippen molar-refractivity contribution in [3.05, 3.63) is 40.3 Å². The van der Waals surface area contributed by atoms with Crippen molar-refractivity contribution < 1.29 is 19.1 Å². The number of carbonyl (C=O) groups excluding carboxylic acids is 3. The number of nitrogens with two attached hydrogens (primary N) is 1. The fraction of sp³-hybridized carbons (Fsp3) is 0.421. The first-order valence-corrected chi connectivity index (χ1v) is 8.93. The summed E-state index contributed by atoms with van der Waals surface area (Å²) < 4.78 is 6.55. The van der Waals surface area contributed by atoms with E-state index in [0.29, 0.717) is 17.3 Å². The average Bonchev–Trinajstić information content (AvgIpc) is 2.60. The highest BCUT2D eigenvalue weighted by molar-refractivity contribution is 6.03. The molecule has 0 spiro atoms. The molecule has 0 aliphatic carbocycles. The Bertz CT molecular complexity index is 964. The van der Waals surface area contributed by atoms with Gasteiger partial charge in [0, 0.05) is 11.9 Å². The first-order valence-electron chi connectivity index (χ1n) is 8.93. The molecule has 9 nitrogen and oxygen atoms in total. The van der Waals surface area contributed by atoms with Gasteiger partial charge in [0.05, 0.1) is 5.39 Å². The molecule has 1 heterocycles. The molecule has 0 saturated heterocycles. The van der Waals surface area contributed by atoms with Gasteiger partial charge in [0.2, 0.25) is 0 Å². The van der Waals surface area contributed by atoms with Gasteiger partial charge in [-0.05, 0) is 17.9 Å². The second kappa shape index (κ2) is 8.64. The van der Waals surface area contributed by atoms with Crippen LogP contribution in [0.5, 0.6) is 0 Å². The van der Waals surface area contributed by atoms with Crippen molar-refractivity contribution in [1.29, 1.82) is 0 Å². The minimum absolute atomic E-state index is 0.0756. The predicted molar refractivity (Wildman–Crippen MR) is 103 cm³/mol. The van der Waals surface area contributed by atoms with Gasteiger partial charge in [0.25, 0.3) is 11.5 Å². The van der Waals surface area contributed by atoms with Gasteiger partial charge >= 0.3 is 12.0 Å². The summed E-state index contributed by atoms with van der Waals surface area (Å²) in [4.78, 5) is 48.5. The predicted octanol–water partition coefficient (Wildman–Crippen LogP) is 1.43. The van der Waals surface area contributed by atoms with Gasteiger partial charge in [-0.2, -0.15) is 5.10 Å². The number of benzene rings is 1. The Kier molecular flexibility index (Phi) is 6.50. The molecule has 1 aromatic heterocycles. The van der Waals surface area contributed by atoms with E-state index >= 15 is 0 Å². The van der Waals surface area contributed by atoms with E-state index in [2.05, 4.69) is 5.10 Å². The maximum atomic E-state index is 12.8. The van der Waals surface area contributed by atoms with Crippen molar-refractivity contribution >= 4 is 28.7 Å². The van der Waals surface area contributed by atoms with Gasteiger partial charge in [-0.1, -0.05) is 45.9 Å². The zero-order chi connectivity index (χ0) is 21.0. The molecule has 0 saturated carbocycles. The van der Waals surface area contributed by atoms with Gasteiger partial charge < -0.3 is 10.5 Å². The van der Waals surface area contributed by atoms with Crippen LogP contribution < -0.4 is 16.6 Å². The molecule has 2 aromatic rings. The number of ether oxygens (including phenoxy) is 1. The summed E-state index contributed by atoms with van der Waals surface area (Å²) in [6.45, 7) is 7.47. The normalized spacial score (nSPS) is 12.2. The van der Waals surface area contributed by atoms with Crippen molar-refractivity contribution in [3.63, 3.8) is 0 Å². The number of esters is 1. The number of rotatable bonds is 6. The molecular formula is C19H24N4O5. The quantitative estimate of drug-likeness (QED) is 0.719. The average molecular weight is 388 g/mol. The lowest BCUT2D eigenvalue weighted by atomic mass is 10.1. The van der Waals surface area contributed by atoms with Crippen LogP contribution in [0.1, 0.15) is 38.2 Å². The van der Waals surface area contributed by atoms with Crippen LogP contribution in [-0.2, 0) is 16.1 Å². The lowest BCUT2D eigenvalue weighted by molar-refractivity contribution is -0.130. The van der Waals surface area contributed by atoms with Gasteiger partial charge in [-0.3, -0.25) is 14.9 Å². The topological polar surface area (TPSA) is 133 Å². The largest absolute Gasteiger partial charge is 0.447 e. The third-order valence-electron chi connectivity index (χ3n) is 3.94. The summed E-state index contributed by atoms with van der Waals surface area (Å²) in [5.74, 6) is -1.99. The molecule has 3 N–H and O–H groups in total. The molecule has 0 fully saturated rings. The number of fused-ring (bicyclic) bond motifs is 1. The smallest absolute Gasteiger partial charge is 0.360 e. The molecule has 3 amide bonds. The van der Waals surface area contributed by atoms with Crippen molar-refractivity contribution in [2.75, 3.05) is 0 Å². The fourth-order valence-corrected chi connectivity index (χ4v) is 2.71. The molecule has 150 valence electrons. The van der Waals surface area contributed by atoms with Gasteiger partial charge in [-0.15, -0.1) is 0 Å². The number of imide groups is 1. The number of nitrogens with zero attached hydrogens (tertiary/aromatic N) is 2. The Morgan fingerprint density at radius 3 is 2.29 bits per heavy atom. The molecular weight excluding hydrogens is 364 g/mol. The lowest BCUT2D eigenvalue weighted by Crippen LogP contribution is -2.45. The number of hydrogen-bond acceptors (Lipinski definition) is 6. The molecule has 0 aliphatic rings. The molecule has 1 atom stereocenters. The Labute approximate surface area is 161 Å². The van der Waals surface area contributed by atoms with Crippen LogP contribution in [0, 0.1) is 11.8 Å². The third kappa shape index (κ3) is 4.73. The molecule has 0 aliphatic heterocycles. The third-order valence-corrected chi connectivity index (χ3v) is 3.94. The molecule has 0 radical (unpaired) electrons. The van der Waals surface area contributed by atoms with Crippen molar-refractivity contribution in [2.45, 2.75) is 40.3 Å². The first-order chi connectivity index (χ1) is 13.1. The van der Waals surface area contributed by atoms with E-state index < -0.39 is 29.9 Å². The Balaban J connectivity index is 2.49. The highest BCUT2D eigenvalue weighted by Gasteiger charge is 2.29. The van der Waals surface area contributed by atoms with Crippen LogP contribution >= 0.6 is 0 Å². The summed E-state index contributed by atoms with van der Waals surface area (Å²) in [5.41, 5.74) is 4.58. The summed E-state index contributed by atoms with van der Waals surface area (Å²) in [6, 6.07) is 5.52. The summed E-state index contributed by atoms with van der Waals surface area (Å²) in [7, 11) is 0. The number of nitrogens with one attached hydrogen (secondary N) is 1. The molecule has 1 aromatic carbocycles. The molecule has 9 heteroatoms. The molecule has 28 heavy (non-hydrogen) atoms. The van der Waals surface area contributed by atoms with E-state index in [1.54, 1.807) is 38.1 Å². The van der Waals surface area contributed by atoms with Gasteiger partial charge in [-0.25, -0.2) is 14.3 Å². The number of hydrogen-bond donors (Lipinski definition) is 2. The number of carbonyl (C=O) groups is 3. The molecule has 2 rings (SSSR count). The molecule has 0 bridgehead atoms. The summed E-state index contributed by atoms with van der Waals surface area (Å²) in [5, 5.41) is 6.75. The lowest BCUT2D eigenvalue weighted by Gasteiger charge is -2.20. The number of aromatic nitrogens is 2. The van der Waals surface area contributed by atoms with Crippen LogP contribution in [0.25, 0.3) is 10.8 Å². The van der Waals surface area contributed by atoms with E-state index in [4.69, 9.17) is 10.5 Å². The van der Waals surface area contributed by atoms with Crippen LogP contribution in [0.4, 0.5) is 4.79 Å². The monoisotopic (exact) mass is 388 g/mol. The standard InChI is InChI=1S/C19H24N4O5/c1-10(2)9-23-17(25)13-8-6-5-7-12(13)14(22-23)18(26)28-15(11(3)4)16(24)21-19(20)27/h5-8,10-11,15H,9H2,1-4H3,(H3,20,21,24,27)/t15-/m1/s1. The fourth-order valence-electron chi connectivity index (χ4n) is 2.71. The van der Waals surface area contributed by atoms with E-state index in [0.717, 1.165) is 0 Å². The van der Waals surface area contributed by atoms with Crippen molar-refractivity contribution in [3.8, 4) is 0 Å². The second-order valence-corrected chi connectivity index (χ2v) is 7.20. The van der Waals surface area contributed by atoms with Crippen LogP contribution in [0.3, 0.4) is 0 Å². The highest BCUT2D eigenvalue weighted by atomic mass is 16.5. The summed E-state index contributed by atoms with van der Waals surface area (Å²) >= 11 is 0. The number of urea groups is 1. The maximum absolute atomic E-state index is 12.8.